The van der Waals surface area contributed by atoms with Gasteiger partial charge >= 0.3 is 6.03 Å². The molecule has 1 aliphatic rings. The number of hydrogen-bond acceptors (Lipinski definition) is 3. The minimum atomic E-state index is -0.183. The van der Waals surface area contributed by atoms with Crippen LogP contribution in [-0.4, -0.2) is 45.9 Å². The molecule has 1 aromatic heterocycles. The Morgan fingerprint density at radius 1 is 1.44 bits per heavy atom. The van der Waals surface area contributed by atoms with E-state index in [-0.39, 0.29) is 17.7 Å². The molecule has 0 unspecified atom stereocenters. The summed E-state index contributed by atoms with van der Waals surface area (Å²) in [6.45, 7) is 7.55. The van der Waals surface area contributed by atoms with Crippen molar-refractivity contribution in [1.82, 2.24) is 15.1 Å². The van der Waals surface area contributed by atoms with Crippen LogP contribution in [0.3, 0.4) is 0 Å². The molecule has 3 rings (SSSR count). The van der Waals surface area contributed by atoms with E-state index in [4.69, 9.17) is 4.74 Å². The van der Waals surface area contributed by atoms with Gasteiger partial charge in [-0.25, -0.2) is 4.79 Å². The second kappa shape index (κ2) is 7.27. The average molecular weight is 342 g/mol. The number of rotatable bonds is 4. The van der Waals surface area contributed by atoms with Crippen LogP contribution in [0.4, 0.5) is 10.5 Å². The molecule has 1 atom stereocenters. The SMILES string of the molecule is CCN(C(=O)Nc1cccc(-c2ccn[nH]2)c1)[C@H]1CCOC(C)(C)C1. The van der Waals surface area contributed by atoms with Crippen molar-refractivity contribution >= 4 is 11.7 Å². The van der Waals surface area contributed by atoms with Crippen molar-refractivity contribution in [3.63, 3.8) is 0 Å². The lowest BCUT2D eigenvalue weighted by molar-refractivity contribution is -0.0758. The van der Waals surface area contributed by atoms with Crippen LogP contribution in [0.25, 0.3) is 11.3 Å². The molecule has 1 aliphatic heterocycles. The van der Waals surface area contributed by atoms with Crippen molar-refractivity contribution in [2.45, 2.75) is 45.3 Å². The Morgan fingerprint density at radius 2 is 2.28 bits per heavy atom. The van der Waals surface area contributed by atoms with E-state index < -0.39 is 0 Å². The lowest BCUT2D eigenvalue weighted by Crippen LogP contribution is -2.49. The largest absolute Gasteiger partial charge is 0.375 e. The maximum atomic E-state index is 12.8. The molecule has 2 heterocycles. The van der Waals surface area contributed by atoms with Crippen LogP contribution < -0.4 is 5.32 Å². The van der Waals surface area contributed by atoms with Crippen LogP contribution in [0, 0.1) is 0 Å². The Kier molecular flexibility index (Phi) is 5.08. The Balaban J connectivity index is 1.71. The van der Waals surface area contributed by atoms with Crippen LogP contribution in [0.5, 0.6) is 0 Å². The highest BCUT2D eigenvalue weighted by Gasteiger charge is 2.33. The number of hydrogen-bond donors (Lipinski definition) is 2. The lowest BCUT2D eigenvalue weighted by atomic mass is 9.93. The number of urea groups is 1. The van der Waals surface area contributed by atoms with Gasteiger partial charge in [0.15, 0.2) is 0 Å². The molecule has 6 heteroatoms. The number of amides is 2. The zero-order valence-electron chi connectivity index (χ0n) is 15.1. The molecule has 1 aromatic carbocycles. The van der Waals surface area contributed by atoms with Gasteiger partial charge in [0.2, 0.25) is 0 Å². The maximum absolute atomic E-state index is 12.8. The number of ether oxygens (including phenoxy) is 1. The summed E-state index contributed by atoms with van der Waals surface area (Å²) in [5.41, 5.74) is 2.51. The molecule has 2 amide bonds. The number of nitrogens with zero attached hydrogens (tertiary/aromatic N) is 2. The zero-order chi connectivity index (χ0) is 17.9. The van der Waals surface area contributed by atoms with Crippen LogP contribution >= 0.6 is 0 Å². The van der Waals surface area contributed by atoms with Gasteiger partial charge in [-0.2, -0.15) is 5.10 Å². The molecule has 25 heavy (non-hydrogen) atoms. The number of benzene rings is 1. The van der Waals surface area contributed by atoms with Gasteiger partial charge in [0.1, 0.15) is 0 Å². The van der Waals surface area contributed by atoms with Crippen LogP contribution in [-0.2, 0) is 4.74 Å². The molecular weight excluding hydrogens is 316 g/mol. The second-order valence-electron chi connectivity index (χ2n) is 7.02. The topological polar surface area (TPSA) is 70.2 Å². The first-order valence-corrected chi connectivity index (χ1v) is 8.80. The third-order valence-corrected chi connectivity index (χ3v) is 4.64. The fourth-order valence-corrected chi connectivity index (χ4v) is 3.41. The van der Waals surface area contributed by atoms with Crippen molar-refractivity contribution < 1.29 is 9.53 Å². The van der Waals surface area contributed by atoms with Crippen LogP contribution in [0.2, 0.25) is 0 Å². The summed E-state index contributed by atoms with van der Waals surface area (Å²) >= 11 is 0. The molecule has 1 fully saturated rings. The standard InChI is InChI=1S/C19H26N4O2/c1-4-23(16-9-11-25-19(2,3)13-16)18(24)21-15-7-5-6-14(12-15)17-8-10-20-22-17/h5-8,10,12,16H,4,9,11,13H2,1-3H3,(H,20,22)(H,21,24)/t16-/m0/s1. The van der Waals surface area contributed by atoms with E-state index in [0.29, 0.717) is 13.2 Å². The number of aromatic amines is 1. The Morgan fingerprint density at radius 3 is 2.96 bits per heavy atom. The summed E-state index contributed by atoms with van der Waals surface area (Å²) in [7, 11) is 0. The fourth-order valence-electron chi connectivity index (χ4n) is 3.41. The van der Waals surface area contributed by atoms with Gasteiger partial charge in [0.05, 0.1) is 11.3 Å². The van der Waals surface area contributed by atoms with Crippen molar-refractivity contribution in [3.8, 4) is 11.3 Å². The van der Waals surface area contributed by atoms with E-state index in [1.165, 1.54) is 0 Å². The van der Waals surface area contributed by atoms with E-state index in [0.717, 1.165) is 29.8 Å². The zero-order valence-corrected chi connectivity index (χ0v) is 15.1. The third-order valence-electron chi connectivity index (χ3n) is 4.64. The Bertz CT molecular complexity index is 712. The summed E-state index contributed by atoms with van der Waals surface area (Å²) < 4.78 is 5.78. The van der Waals surface area contributed by atoms with Gasteiger partial charge < -0.3 is 15.0 Å². The first-order valence-electron chi connectivity index (χ1n) is 8.80. The van der Waals surface area contributed by atoms with Gasteiger partial charge in [0, 0.05) is 36.6 Å². The highest BCUT2D eigenvalue weighted by Crippen LogP contribution is 2.28. The van der Waals surface area contributed by atoms with E-state index in [1.807, 2.05) is 42.2 Å². The van der Waals surface area contributed by atoms with E-state index >= 15 is 0 Å². The predicted octanol–water partition coefficient (Wildman–Crippen LogP) is 3.89. The van der Waals surface area contributed by atoms with E-state index in [1.54, 1.807) is 6.20 Å². The van der Waals surface area contributed by atoms with E-state index in [2.05, 4.69) is 29.4 Å². The molecule has 1 saturated heterocycles. The van der Waals surface area contributed by atoms with Gasteiger partial charge in [-0.3, -0.25) is 5.10 Å². The second-order valence-corrected chi connectivity index (χ2v) is 7.02. The van der Waals surface area contributed by atoms with Crippen LogP contribution in [0.1, 0.15) is 33.6 Å². The molecule has 0 saturated carbocycles. The quantitative estimate of drug-likeness (QED) is 0.885. The first kappa shape index (κ1) is 17.5. The van der Waals surface area contributed by atoms with Crippen molar-refractivity contribution in [2.24, 2.45) is 0 Å². The molecule has 134 valence electrons. The van der Waals surface area contributed by atoms with Crippen molar-refractivity contribution in [1.29, 1.82) is 0 Å². The third kappa shape index (κ3) is 4.20. The Labute approximate surface area is 148 Å². The van der Waals surface area contributed by atoms with E-state index in [9.17, 15) is 4.79 Å². The molecule has 2 aromatic rings. The number of nitrogens with one attached hydrogen (secondary N) is 2. The first-order chi connectivity index (χ1) is 12.0. The highest BCUT2D eigenvalue weighted by molar-refractivity contribution is 5.90. The molecule has 0 aliphatic carbocycles. The minimum absolute atomic E-state index is 0.0630. The van der Waals surface area contributed by atoms with Gasteiger partial charge in [0.25, 0.3) is 0 Å². The highest BCUT2D eigenvalue weighted by atomic mass is 16.5. The number of anilines is 1. The molecule has 0 bridgehead atoms. The summed E-state index contributed by atoms with van der Waals surface area (Å²) in [4.78, 5) is 14.7. The number of H-pyrrole nitrogens is 1. The fraction of sp³-hybridized carbons (Fsp3) is 0.474. The summed E-state index contributed by atoms with van der Waals surface area (Å²) in [5.74, 6) is 0. The van der Waals surface area contributed by atoms with Crippen LogP contribution in [0.15, 0.2) is 36.5 Å². The average Bonchev–Trinajstić information content (AvgIpc) is 3.09. The number of carbonyl (C=O) groups is 1. The molecule has 0 spiro atoms. The molecular formula is C19H26N4O2. The van der Waals surface area contributed by atoms with Gasteiger partial charge in [-0.15, -0.1) is 0 Å². The smallest absolute Gasteiger partial charge is 0.322 e. The van der Waals surface area contributed by atoms with Crippen molar-refractivity contribution in [3.05, 3.63) is 36.5 Å². The summed E-state index contributed by atoms with van der Waals surface area (Å²) in [6, 6.07) is 9.81. The molecule has 2 N–H and O–H groups in total. The maximum Gasteiger partial charge on any atom is 0.322 e. The van der Waals surface area contributed by atoms with Gasteiger partial charge in [-0.05, 0) is 51.8 Å². The monoisotopic (exact) mass is 342 g/mol. The van der Waals surface area contributed by atoms with Crippen molar-refractivity contribution in [2.75, 3.05) is 18.5 Å². The number of aromatic nitrogens is 2. The summed E-state index contributed by atoms with van der Waals surface area (Å²) in [5, 5.41) is 9.95. The summed E-state index contributed by atoms with van der Waals surface area (Å²) in [6.07, 6.45) is 3.44. The Hall–Kier alpha value is -2.34. The van der Waals surface area contributed by atoms with Gasteiger partial charge in [-0.1, -0.05) is 12.1 Å². The normalized spacial score (nSPS) is 19.4. The molecule has 0 radical (unpaired) electrons. The minimum Gasteiger partial charge on any atom is -0.375 e. The molecule has 6 nitrogen and oxygen atoms in total. The predicted molar refractivity (Wildman–Crippen MR) is 98.5 cm³/mol. The lowest BCUT2D eigenvalue weighted by Gasteiger charge is -2.40. The number of carbonyl (C=O) groups excluding carboxylic acids is 1.